The summed E-state index contributed by atoms with van der Waals surface area (Å²) in [7, 11) is 0. The van der Waals surface area contributed by atoms with Crippen molar-refractivity contribution in [1.82, 2.24) is 0 Å². The van der Waals surface area contributed by atoms with E-state index in [2.05, 4.69) is 54.5 Å². The van der Waals surface area contributed by atoms with E-state index in [0.717, 1.165) is 11.1 Å². The molecule has 1 aromatic carbocycles. The number of anilines is 1. The van der Waals surface area contributed by atoms with E-state index >= 15 is 0 Å². The molecule has 1 aliphatic heterocycles. The van der Waals surface area contributed by atoms with Crippen LogP contribution >= 0.6 is 11.3 Å². The van der Waals surface area contributed by atoms with Crippen molar-refractivity contribution >= 4 is 28.0 Å². The summed E-state index contributed by atoms with van der Waals surface area (Å²) in [5, 5.41) is 1.38. The van der Waals surface area contributed by atoms with Gasteiger partial charge in [-0.1, -0.05) is 43.5 Å². The molecule has 1 nitrogen and oxygen atoms in total. The molecule has 0 atom stereocenters. The lowest BCUT2D eigenvalue weighted by Crippen LogP contribution is -2.28. The number of hydrogen-bond donors (Lipinski definition) is 0. The zero-order valence-corrected chi connectivity index (χ0v) is 13.2. The average molecular weight is 295 g/mol. The van der Waals surface area contributed by atoms with Gasteiger partial charge in [-0.15, -0.1) is 11.3 Å². The van der Waals surface area contributed by atoms with Crippen LogP contribution in [0.15, 0.2) is 49.6 Å². The minimum atomic E-state index is 1.11. The fraction of sp³-hybridized carbons (Fsp3) is 0.263. The molecule has 0 amide bonds. The summed E-state index contributed by atoms with van der Waals surface area (Å²) in [6.45, 7) is 10.5. The number of nitrogens with zero attached hydrogens (tertiary/aromatic N) is 1. The van der Waals surface area contributed by atoms with Crippen molar-refractivity contribution in [2.75, 3.05) is 18.0 Å². The largest absolute Gasteiger partial charge is 0.363 e. The second-order valence-corrected chi connectivity index (χ2v) is 6.55. The Hall–Kier alpha value is -1.80. The molecule has 0 bridgehead atoms. The minimum absolute atomic E-state index is 1.11. The standard InChI is InChI=1S/C19H21NS/c1-3-16-7-9-17(10-8-16)15(2)18-11-12-19(21-18)20-13-5-4-6-14-20/h3,7-12H,1-2,4-6,13-14H2. The molecule has 0 unspecified atom stereocenters. The van der Waals surface area contributed by atoms with Crippen molar-refractivity contribution in [3.8, 4) is 0 Å². The maximum absolute atomic E-state index is 4.28. The molecule has 0 N–H and O–H groups in total. The van der Waals surface area contributed by atoms with Crippen LogP contribution in [0, 0.1) is 0 Å². The number of rotatable bonds is 4. The van der Waals surface area contributed by atoms with Crippen LogP contribution in [0.4, 0.5) is 5.00 Å². The predicted octanol–water partition coefficient (Wildman–Crippen LogP) is 5.44. The summed E-state index contributed by atoms with van der Waals surface area (Å²) < 4.78 is 0. The third kappa shape index (κ3) is 3.11. The van der Waals surface area contributed by atoms with Crippen LogP contribution in [0.1, 0.15) is 35.3 Å². The van der Waals surface area contributed by atoms with Gasteiger partial charge < -0.3 is 4.90 Å². The lowest BCUT2D eigenvalue weighted by Gasteiger charge is -2.27. The Kier molecular flexibility index (Phi) is 4.26. The van der Waals surface area contributed by atoms with Gasteiger partial charge in [0.25, 0.3) is 0 Å². The summed E-state index contributed by atoms with van der Waals surface area (Å²) in [5.74, 6) is 0. The zero-order valence-electron chi connectivity index (χ0n) is 12.3. The first-order valence-electron chi connectivity index (χ1n) is 7.55. The number of hydrogen-bond acceptors (Lipinski definition) is 2. The second-order valence-electron chi connectivity index (χ2n) is 5.49. The van der Waals surface area contributed by atoms with E-state index < -0.39 is 0 Å². The lowest BCUT2D eigenvalue weighted by atomic mass is 10.0. The van der Waals surface area contributed by atoms with Crippen molar-refractivity contribution in [1.29, 1.82) is 0 Å². The summed E-state index contributed by atoms with van der Waals surface area (Å²) in [6, 6.07) is 12.9. The highest BCUT2D eigenvalue weighted by Gasteiger charge is 2.14. The molecule has 0 aliphatic carbocycles. The molecule has 108 valence electrons. The maximum atomic E-state index is 4.28. The van der Waals surface area contributed by atoms with Crippen molar-refractivity contribution in [2.45, 2.75) is 19.3 Å². The summed E-state index contributed by atoms with van der Waals surface area (Å²) in [5.41, 5.74) is 3.44. The molecule has 3 rings (SSSR count). The molecule has 0 radical (unpaired) electrons. The quantitative estimate of drug-likeness (QED) is 0.725. The molecule has 0 saturated carbocycles. The highest BCUT2D eigenvalue weighted by atomic mass is 32.1. The van der Waals surface area contributed by atoms with Gasteiger partial charge in [-0.25, -0.2) is 0 Å². The van der Waals surface area contributed by atoms with E-state index in [1.54, 1.807) is 0 Å². The smallest absolute Gasteiger partial charge is 0.0914 e. The van der Waals surface area contributed by atoms with Crippen LogP contribution in [-0.2, 0) is 0 Å². The number of benzene rings is 1. The van der Waals surface area contributed by atoms with Crippen LogP contribution < -0.4 is 4.90 Å². The fourth-order valence-electron chi connectivity index (χ4n) is 2.74. The Morgan fingerprint density at radius 1 is 1.00 bits per heavy atom. The van der Waals surface area contributed by atoms with Crippen LogP contribution in [-0.4, -0.2) is 13.1 Å². The lowest BCUT2D eigenvalue weighted by molar-refractivity contribution is 0.580. The molecule has 21 heavy (non-hydrogen) atoms. The van der Waals surface area contributed by atoms with Crippen molar-refractivity contribution in [3.05, 3.63) is 65.6 Å². The SMILES string of the molecule is C=Cc1ccc(C(=C)c2ccc(N3CCCCC3)s2)cc1. The van der Waals surface area contributed by atoms with E-state index in [1.807, 2.05) is 17.4 Å². The number of piperidine rings is 1. The molecule has 0 spiro atoms. The van der Waals surface area contributed by atoms with Crippen LogP contribution in [0.3, 0.4) is 0 Å². The topological polar surface area (TPSA) is 3.24 Å². The van der Waals surface area contributed by atoms with Gasteiger partial charge in [-0.05, 0) is 48.1 Å². The van der Waals surface area contributed by atoms with Gasteiger partial charge in [0.15, 0.2) is 0 Å². The molecular weight excluding hydrogens is 274 g/mol. The van der Waals surface area contributed by atoms with E-state index in [1.165, 1.54) is 47.8 Å². The van der Waals surface area contributed by atoms with Crippen LogP contribution in [0.5, 0.6) is 0 Å². The molecule has 2 heterocycles. The minimum Gasteiger partial charge on any atom is -0.363 e. The van der Waals surface area contributed by atoms with Gasteiger partial charge in [-0.3, -0.25) is 0 Å². The highest BCUT2D eigenvalue weighted by Crippen LogP contribution is 2.34. The molecule has 2 heteroatoms. The van der Waals surface area contributed by atoms with Gasteiger partial charge in [0.1, 0.15) is 0 Å². The molecule has 1 fully saturated rings. The molecule has 1 aliphatic rings. The van der Waals surface area contributed by atoms with Gasteiger partial charge in [0.05, 0.1) is 5.00 Å². The molecule has 1 aromatic heterocycles. The zero-order chi connectivity index (χ0) is 14.7. The van der Waals surface area contributed by atoms with Gasteiger partial charge in [0, 0.05) is 18.0 Å². The summed E-state index contributed by atoms with van der Waals surface area (Å²) in [4.78, 5) is 3.77. The van der Waals surface area contributed by atoms with Gasteiger partial charge in [0.2, 0.25) is 0 Å². The Labute approximate surface area is 131 Å². The Balaban J connectivity index is 1.78. The van der Waals surface area contributed by atoms with Gasteiger partial charge >= 0.3 is 0 Å². The highest BCUT2D eigenvalue weighted by molar-refractivity contribution is 7.17. The average Bonchev–Trinajstić information content (AvgIpc) is 3.05. The first-order valence-corrected chi connectivity index (χ1v) is 8.36. The first kappa shape index (κ1) is 14.2. The molecule has 1 saturated heterocycles. The van der Waals surface area contributed by atoms with Crippen LogP contribution in [0.25, 0.3) is 11.6 Å². The normalized spacial score (nSPS) is 15.0. The third-order valence-electron chi connectivity index (χ3n) is 4.05. The van der Waals surface area contributed by atoms with Crippen LogP contribution in [0.2, 0.25) is 0 Å². The Morgan fingerprint density at radius 3 is 2.38 bits per heavy atom. The van der Waals surface area contributed by atoms with E-state index in [0.29, 0.717) is 0 Å². The fourth-order valence-corrected chi connectivity index (χ4v) is 3.79. The van der Waals surface area contributed by atoms with Crippen molar-refractivity contribution < 1.29 is 0 Å². The second kappa shape index (κ2) is 6.31. The van der Waals surface area contributed by atoms with Gasteiger partial charge in [-0.2, -0.15) is 0 Å². The van der Waals surface area contributed by atoms with E-state index in [4.69, 9.17) is 0 Å². The summed E-state index contributed by atoms with van der Waals surface area (Å²) >= 11 is 1.86. The third-order valence-corrected chi connectivity index (χ3v) is 5.26. The summed E-state index contributed by atoms with van der Waals surface area (Å²) in [6.07, 6.45) is 5.87. The first-order chi connectivity index (χ1) is 10.3. The number of thiophene rings is 1. The Bertz CT molecular complexity index is 630. The molecule has 2 aromatic rings. The van der Waals surface area contributed by atoms with E-state index in [-0.39, 0.29) is 0 Å². The maximum Gasteiger partial charge on any atom is 0.0914 e. The monoisotopic (exact) mass is 295 g/mol. The van der Waals surface area contributed by atoms with Crippen molar-refractivity contribution in [3.63, 3.8) is 0 Å². The predicted molar refractivity (Wildman–Crippen MR) is 95.1 cm³/mol. The van der Waals surface area contributed by atoms with E-state index in [9.17, 15) is 0 Å². The van der Waals surface area contributed by atoms with Crippen molar-refractivity contribution in [2.24, 2.45) is 0 Å². The Morgan fingerprint density at radius 2 is 1.71 bits per heavy atom. The molecular formula is C19H21NS.